The van der Waals surface area contributed by atoms with Crippen LogP contribution in [-0.2, 0) is 0 Å². The molecule has 0 radical (unpaired) electrons. The number of H-pyrrole nitrogens is 1. The van der Waals surface area contributed by atoms with Crippen molar-refractivity contribution in [2.45, 2.75) is 10.3 Å². The molecular weight excluding hydrogens is 556 g/mol. The number of nitrogens with one attached hydrogen (secondary N) is 4. The molecule has 1 atom stereocenters. The van der Waals surface area contributed by atoms with Crippen LogP contribution >= 0.6 is 0 Å². The van der Waals surface area contributed by atoms with Crippen molar-refractivity contribution in [2.24, 2.45) is 0 Å². The summed E-state index contributed by atoms with van der Waals surface area (Å²) in [4.78, 5) is 33.3. The molecule has 0 saturated carbocycles. The van der Waals surface area contributed by atoms with Crippen molar-refractivity contribution in [3.05, 3.63) is 53.7 Å². The third kappa shape index (κ3) is 4.15. The van der Waals surface area contributed by atoms with Crippen LogP contribution in [0.5, 0.6) is 11.5 Å². The molecule has 0 aliphatic carbocycles. The Balaban J connectivity index is 1.72. The summed E-state index contributed by atoms with van der Waals surface area (Å²) < 4.78 is 25.5. The van der Waals surface area contributed by atoms with Gasteiger partial charge in [-0.25, -0.2) is 0 Å². The number of halogens is 2. The number of pyridine rings is 1. The number of rotatable bonds is 3. The summed E-state index contributed by atoms with van der Waals surface area (Å²) in [7, 11) is 1.39. The van der Waals surface area contributed by atoms with Gasteiger partial charge in [0.05, 0.1) is 0 Å². The van der Waals surface area contributed by atoms with Gasteiger partial charge in [-0.3, -0.25) is 0 Å². The minimum atomic E-state index is -0.975. The second-order valence-corrected chi connectivity index (χ2v) is 10.8. The maximum atomic E-state index is 14.4. The molecule has 11 heteroatoms. The van der Waals surface area contributed by atoms with Crippen molar-refractivity contribution in [3.8, 4) is 22.8 Å². The van der Waals surface area contributed by atoms with E-state index >= 15 is 0 Å². The number of amides is 2. The van der Waals surface area contributed by atoms with Gasteiger partial charge >= 0.3 is 205 Å². The summed E-state index contributed by atoms with van der Waals surface area (Å²) in [5.41, 5.74) is 3.20. The summed E-state index contributed by atoms with van der Waals surface area (Å²) in [6, 6.07) is 6.33. The number of hydrogen-bond acceptors (Lipinski definition) is 6. The molecule has 0 fully saturated rings. The predicted octanol–water partition coefficient (Wildman–Crippen LogP) is 0.334. The Morgan fingerprint density at radius 1 is 1.26 bits per heavy atom. The first kappa shape index (κ1) is 22.4. The quantitative estimate of drug-likeness (QED) is 0.154. The molecule has 2 aliphatic heterocycles. The number of anilines is 2. The average Bonchev–Trinajstić information content (AvgIpc) is 3.21. The van der Waals surface area contributed by atoms with Crippen LogP contribution in [0.25, 0.3) is 11.3 Å². The van der Waals surface area contributed by atoms with E-state index in [4.69, 9.17) is 9.47 Å². The van der Waals surface area contributed by atoms with E-state index < -0.39 is 27.0 Å². The van der Waals surface area contributed by atoms with E-state index in [2.05, 4.69) is 25.9 Å². The molecule has 9 nitrogen and oxygen atoms in total. The number of ether oxygens (including phenoxy) is 2. The molecule has 1 aromatic carbocycles. The van der Waals surface area contributed by atoms with Gasteiger partial charge in [0, 0.05) is 0 Å². The van der Waals surface area contributed by atoms with Crippen molar-refractivity contribution in [2.75, 3.05) is 32.1 Å². The number of aromatic amines is 1. The molecule has 0 spiro atoms. The van der Waals surface area contributed by atoms with Gasteiger partial charge < -0.3 is 0 Å². The van der Waals surface area contributed by atoms with Crippen LogP contribution < -0.4 is 46.6 Å². The molecule has 2 amide bonds. The summed E-state index contributed by atoms with van der Waals surface area (Å²) in [6.45, 7) is 1.28. The van der Waals surface area contributed by atoms with Gasteiger partial charge in [0.15, 0.2) is 0 Å². The second kappa shape index (κ2) is 9.49. The SMILES string of the molecule is COc1c(F)cccc1Nc1c2[nH]c3c1C(=O)NC[C@H]3[I-]C(=O)NCCCOc1cnccc1-2. The first-order valence-electron chi connectivity index (χ1n) is 10.7. The van der Waals surface area contributed by atoms with E-state index in [1.807, 2.05) is 0 Å². The number of benzene rings is 1. The summed E-state index contributed by atoms with van der Waals surface area (Å²) in [5.74, 6) is -0.241. The molecule has 34 heavy (non-hydrogen) atoms. The molecule has 178 valence electrons. The first-order valence-corrected chi connectivity index (χ1v) is 13.0. The number of methoxy groups -OCH3 is 1. The Kier molecular flexibility index (Phi) is 6.26. The van der Waals surface area contributed by atoms with E-state index in [1.165, 1.54) is 13.2 Å². The molecule has 4 heterocycles. The topological polar surface area (TPSA) is 117 Å². The van der Waals surface area contributed by atoms with Crippen LogP contribution in [0.4, 0.5) is 20.6 Å². The molecule has 5 rings (SSSR count). The zero-order chi connectivity index (χ0) is 23.7. The number of nitrogens with zero attached hydrogens (tertiary/aromatic N) is 1. The van der Waals surface area contributed by atoms with Crippen LogP contribution in [0.3, 0.4) is 0 Å². The second-order valence-electron chi connectivity index (χ2n) is 7.67. The van der Waals surface area contributed by atoms with E-state index in [-0.39, 0.29) is 19.5 Å². The van der Waals surface area contributed by atoms with Crippen molar-refractivity contribution in [1.82, 2.24) is 20.6 Å². The molecule has 0 unspecified atom stereocenters. The fraction of sp³-hybridized carbons (Fsp3) is 0.261. The average molecular weight is 578 g/mol. The number of hydrogen-bond donors (Lipinski definition) is 4. The van der Waals surface area contributed by atoms with Crippen LogP contribution in [0.1, 0.15) is 26.4 Å². The normalized spacial score (nSPS) is 17.9. The van der Waals surface area contributed by atoms with E-state index in [1.54, 1.807) is 30.6 Å². The van der Waals surface area contributed by atoms with E-state index in [9.17, 15) is 14.0 Å². The third-order valence-electron chi connectivity index (χ3n) is 5.57. The Hall–Kier alpha value is -3.35. The van der Waals surface area contributed by atoms with Gasteiger partial charge in [0.1, 0.15) is 0 Å². The Morgan fingerprint density at radius 3 is 3.00 bits per heavy atom. The number of para-hydroxylation sites is 1. The van der Waals surface area contributed by atoms with Gasteiger partial charge in [-0.2, -0.15) is 0 Å². The van der Waals surface area contributed by atoms with Crippen molar-refractivity contribution >= 4 is 21.2 Å². The molecule has 3 aromatic rings. The number of carbonyl (C=O) groups excluding carboxylic acids is 2. The van der Waals surface area contributed by atoms with Gasteiger partial charge in [-0.1, -0.05) is 0 Å². The fourth-order valence-electron chi connectivity index (χ4n) is 4.03. The monoisotopic (exact) mass is 578 g/mol. The molecular formula is C23H22FIN5O4-. The van der Waals surface area contributed by atoms with Crippen LogP contribution in [0.2, 0.25) is 0 Å². The Labute approximate surface area is 205 Å². The number of alkyl halides is 1. The predicted molar refractivity (Wildman–Crippen MR) is 119 cm³/mol. The first-order chi connectivity index (χ1) is 16.6. The van der Waals surface area contributed by atoms with Gasteiger partial charge in [0.2, 0.25) is 0 Å². The van der Waals surface area contributed by atoms with Gasteiger partial charge in [-0.05, 0) is 0 Å². The van der Waals surface area contributed by atoms with Crippen molar-refractivity contribution in [3.63, 3.8) is 0 Å². The number of fused-ring (bicyclic) bond motifs is 3. The molecule has 2 bridgehead atoms. The van der Waals surface area contributed by atoms with Gasteiger partial charge in [0.25, 0.3) is 0 Å². The van der Waals surface area contributed by atoms with Crippen LogP contribution in [-0.4, -0.2) is 46.6 Å². The standard InChI is InChI=1S/C23H22FIN5O4/c1-33-21-13(24)4-2-5-15(21)29-20-17-19-14(10-28-22(17)31)25-23(32)27-7-3-9-34-16-11-26-8-6-12(16)18(20)30-19/h2,4-6,8,11,14,29-30H,3,7,9-10H2,1H3,(H,27,32)(H,28,31)/q-1/t14-/m1/s1. The van der Waals surface area contributed by atoms with Crippen molar-refractivity contribution < 1.29 is 44.7 Å². The minimum absolute atomic E-state index is 0.00165. The molecule has 2 aromatic heterocycles. The Bertz CT molecular complexity index is 1260. The van der Waals surface area contributed by atoms with Crippen LogP contribution in [0.15, 0.2) is 36.7 Å². The number of carbonyl (C=O) groups is 2. The molecule has 2 aliphatic rings. The zero-order valence-corrected chi connectivity index (χ0v) is 20.4. The third-order valence-corrected chi connectivity index (χ3v) is 8.33. The zero-order valence-electron chi connectivity index (χ0n) is 18.2. The summed E-state index contributed by atoms with van der Waals surface area (Å²) >= 11 is -0.975. The van der Waals surface area contributed by atoms with Crippen molar-refractivity contribution in [1.29, 1.82) is 0 Å². The Morgan fingerprint density at radius 2 is 2.15 bits per heavy atom. The van der Waals surface area contributed by atoms with Gasteiger partial charge in [-0.15, -0.1) is 0 Å². The number of aromatic nitrogens is 2. The van der Waals surface area contributed by atoms with Crippen LogP contribution in [0, 0.1) is 5.82 Å². The maximum absolute atomic E-state index is 14.4. The summed E-state index contributed by atoms with van der Waals surface area (Å²) in [5, 5.41) is 9.08. The molecule has 0 saturated heterocycles. The van der Waals surface area contributed by atoms with E-state index in [0.717, 1.165) is 0 Å². The van der Waals surface area contributed by atoms with E-state index in [0.29, 0.717) is 65.8 Å². The summed E-state index contributed by atoms with van der Waals surface area (Å²) in [6.07, 6.45) is 3.91. The fourth-order valence-corrected chi connectivity index (χ4v) is 6.42. The molecule has 4 N–H and O–H groups in total.